The molecule has 0 saturated carbocycles. The van der Waals surface area contributed by atoms with E-state index in [1.165, 1.54) is 5.56 Å². The van der Waals surface area contributed by atoms with E-state index in [4.69, 9.17) is 16.4 Å². The third-order valence-corrected chi connectivity index (χ3v) is 2.14. The minimum atomic E-state index is 0.649. The molecule has 0 unspecified atom stereocenters. The zero-order valence-electron chi connectivity index (χ0n) is 7.09. The summed E-state index contributed by atoms with van der Waals surface area (Å²) in [6.45, 7) is 0.649. The van der Waals surface area contributed by atoms with Gasteiger partial charge in [0.05, 0.1) is 6.61 Å². The first-order chi connectivity index (χ1) is 6.34. The molecule has 3 heteroatoms. The predicted octanol–water partition coefficient (Wildman–Crippen LogP) is 2.30. The topological polar surface area (TPSA) is 21.3 Å². The Morgan fingerprint density at radius 1 is 1.46 bits per heavy atom. The number of allylic oxidation sites excluding steroid dienone is 1. The van der Waals surface area contributed by atoms with Gasteiger partial charge in [-0.1, -0.05) is 23.7 Å². The molecule has 1 aliphatic rings. The Bertz CT molecular complexity index is 335. The second-order valence-corrected chi connectivity index (χ2v) is 3.39. The minimum absolute atomic E-state index is 0.649. The first-order valence-electron chi connectivity index (χ1n) is 4.16. The fraction of sp³-hybridized carbons (Fsp3) is 0.200. The molecule has 1 aromatic carbocycles. The molecular weight excluding hydrogens is 186 g/mol. The highest BCUT2D eigenvalue weighted by Gasteiger charge is 2.04. The SMILES string of the molecule is Clc1cccc(CC2=CCON2)c1. The Balaban J connectivity index is 2.09. The number of hydrogen-bond acceptors (Lipinski definition) is 2. The van der Waals surface area contributed by atoms with Gasteiger partial charge in [0.15, 0.2) is 0 Å². The molecule has 0 atom stereocenters. The van der Waals surface area contributed by atoms with Gasteiger partial charge in [0.2, 0.25) is 0 Å². The van der Waals surface area contributed by atoms with Crippen molar-refractivity contribution in [1.82, 2.24) is 5.48 Å². The second-order valence-electron chi connectivity index (χ2n) is 2.95. The molecule has 1 aliphatic heterocycles. The van der Waals surface area contributed by atoms with Crippen LogP contribution in [0.25, 0.3) is 0 Å². The summed E-state index contributed by atoms with van der Waals surface area (Å²) in [4.78, 5) is 4.98. The molecule has 1 N–H and O–H groups in total. The molecule has 0 saturated heterocycles. The first-order valence-corrected chi connectivity index (χ1v) is 4.54. The van der Waals surface area contributed by atoms with Crippen LogP contribution in [0.1, 0.15) is 5.56 Å². The molecule has 0 spiro atoms. The summed E-state index contributed by atoms with van der Waals surface area (Å²) in [5.74, 6) is 0. The Hall–Kier alpha value is -0.990. The molecule has 0 amide bonds. The molecule has 1 heterocycles. The summed E-state index contributed by atoms with van der Waals surface area (Å²) < 4.78 is 0. The van der Waals surface area contributed by atoms with E-state index in [-0.39, 0.29) is 0 Å². The van der Waals surface area contributed by atoms with Crippen LogP contribution in [0, 0.1) is 0 Å². The zero-order chi connectivity index (χ0) is 9.10. The second kappa shape index (κ2) is 3.81. The Morgan fingerprint density at radius 2 is 2.38 bits per heavy atom. The summed E-state index contributed by atoms with van der Waals surface area (Å²) in [6.07, 6.45) is 2.88. The van der Waals surface area contributed by atoms with Crippen molar-refractivity contribution in [3.8, 4) is 0 Å². The zero-order valence-corrected chi connectivity index (χ0v) is 7.84. The number of hydrogen-bond donors (Lipinski definition) is 1. The molecule has 0 aromatic heterocycles. The minimum Gasteiger partial charge on any atom is -0.272 e. The fourth-order valence-corrected chi connectivity index (χ4v) is 1.51. The molecule has 2 rings (SSSR count). The van der Waals surface area contributed by atoms with Gasteiger partial charge in [-0.25, -0.2) is 0 Å². The standard InChI is InChI=1S/C10H10ClNO/c11-9-3-1-2-8(6-9)7-10-4-5-13-12-10/h1-4,6,12H,5,7H2. The van der Waals surface area contributed by atoms with Crippen molar-refractivity contribution in [2.75, 3.05) is 6.61 Å². The van der Waals surface area contributed by atoms with E-state index in [1.807, 2.05) is 30.3 Å². The lowest BCUT2D eigenvalue weighted by Crippen LogP contribution is -2.07. The van der Waals surface area contributed by atoms with Crippen LogP contribution >= 0.6 is 11.6 Å². The summed E-state index contributed by atoms with van der Waals surface area (Å²) in [5.41, 5.74) is 5.13. The number of nitrogens with one attached hydrogen (secondary N) is 1. The van der Waals surface area contributed by atoms with Crippen LogP contribution in [-0.2, 0) is 11.3 Å². The van der Waals surface area contributed by atoms with Crippen molar-refractivity contribution < 1.29 is 4.84 Å². The van der Waals surface area contributed by atoms with E-state index in [9.17, 15) is 0 Å². The number of halogens is 1. The van der Waals surface area contributed by atoms with Gasteiger partial charge in [-0.05, 0) is 23.8 Å². The molecular formula is C10H10ClNO. The highest BCUT2D eigenvalue weighted by atomic mass is 35.5. The quantitative estimate of drug-likeness (QED) is 0.782. The van der Waals surface area contributed by atoms with E-state index in [0.717, 1.165) is 17.1 Å². The van der Waals surface area contributed by atoms with Crippen LogP contribution in [0.3, 0.4) is 0 Å². The molecule has 1 aromatic rings. The van der Waals surface area contributed by atoms with Crippen LogP contribution in [0.5, 0.6) is 0 Å². The van der Waals surface area contributed by atoms with E-state index < -0.39 is 0 Å². The molecule has 0 aliphatic carbocycles. The Labute approximate surface area is 82.1 Å². The largest absolute Gasteiger partial charge is 0.272 e. The third kappa shape index (κ3) is 2.23. The number of rotatable bonds is 2. The van der Waals surface area contributed by atoms with Crippen molar-refractivity contribution in [2.45, 2.75) is 6.42 Å². The van der Waals surface area contributed by atoms with Crippen molar-refractivity contribution >= 4 is 11.6 Å². The summed E-state index contributed by atoms with van der Waals surface area (Å²) >= 11 is 5.86. The third-order valence-electron chi connectivity index (χ3n) is 1.90. The highest BCUT2D eigenvalue weighted by Crippen LogP contribution is 2.14. The maximum absolute atomic E-state index is 5.86. The van der Waals surface area contributed by atoms with E-state index in [0.29, 0.717) is 6.61 Å². The van der Waals surface area contributed by atoms with Crippen LogP contribution < -0.4 is 5.48 Å². The number of hydroxylamine groups is 1. The summed E-state index contributed by atoms with van der Waals surface area (Å²) in [5, 5.41) is 0.775. The van der Waals surface area contributed by atoms with Crippen molar-refractivity contribution in [1.29, 1.82) is 0 Å². The van der Waals surface area contributed by atoms with Gasteiger partial charge in [0, 0.05) is 17.1 Å². The number of benzene rings is 1. The van der Waals surface area contributed by atoms with E-state index in [1.54, 1.807) is 0 Å². The molecule has 2 nitrogen and oxygen atoms in total. The lowest BCUT2D eigenvalue weighted by molar-refractivity contribution is 0.107. The molecule has 0 radical (unpaired) electrons. The van der Waals surface area contributed by atoms with Gasteiger partial charge in [-0.3, -0.25) is 10.3 Å². The summed E-state index contributed by atoms with van der Waals surface area (Å²) in [6, 6.07) is 7.83. The highest BCUT2D eigenvalue weighted by molar-refractivity contribution is 6.30. The lowest BCUT2D eigenvalue weighted by Gasteiger charge is -2.03. The van der Waals surface area contributed by atoms with Crippen molar-refractivity contribution in [2.24, 2.45) is 0 Å². The first kappa shape index (κ1) is 8.60. The maximum atomic E-state index is 5.86. The fourth-order valence-electron chi connectivity index (χ4n) is 1.29. The van der Waals surface area contributed by atoms with Gasteiger partial charge >= 0.3 is 0 Å². The molecule has 13 heavy (non-hydrogen) atoms. The molecule has 0 bridgehead atoms. The van der Waals surface area contributed by atoms with Crippen LogP contribution in [-0.4, -0.2) is 6.61 Å². The van der Waals surface area contributed by atoms with E-state index in [2.05, 4.69) is 5.48 Å². The van der Waals surface area contributed by atoms with Crippen LogP contribution in [0.2, 0.25) is 5.02 Å². The maximum Gasteiger partial charge on any atom is 0.0947 e. The smallest absolute Gasteiger partial charge is 0.0947 e. The van der Waals surface area contributed by atoms with Gasteiger partial charge in [0.1, 0.15) is 0 Å². The lowest BCUT2D eigenvalue weighted by atomic mass is 10.1. The predicted molar refractivity (Wildman–Crippen MR) is 52.3 cm³/mol. The van der Waals surface area contributed by atoms with Gasteiger partial charge < -0.3 is 0 Å². The molecule has 68 valence electrons. The summed E-state index contributed by atoms with van der Waals surface area (Å²) in [7, 11) is 0. The Morgan fingerprint density at radius 3 is 3.08 bits per heavy atom. The normalized spacial score (nSPS) is 15.3. The van der Waals surface area contributed by atoms with Gasteiger partial charge in [0.25, 0.3) is 0 Å². The average Bonchev–Trinajstić information content (AvgIpc) is 2.57. The van der Waals surface area contributed by atoms with Gasteiger partial charge in [-0.2, -0.15) is 0 Å². The van der Waals surface area contributed by atoms with Crippen LogP contribution in [0.15, 0.2) is 36.0 Å². The van der Waals surface area contributed by atoms with Crippen molar-refractivity contribution in [3.05, 3.63) is 46.6 Å². The van der Waals surface area contributed by atoms with Gasteiger partial charge in [-0.15, -0.1) is 0 Å². The monoisotopic (exact) mass is 195 g/mol. The van der Waals surface area contributed by atoms with Crippen molar-refractivity contribution in [3.63, 3.8) is 0 Å². The van der Waals surface area contributed by atoms with Crippen LogP contribution in [0.4, 0.5) is 0 Å². The van der Waals surface area contributed by atoms with E-state index >= 15 is 0 Å². The Kier molecular flexibility index (Phi) is 2.52. The average molecular weight is 196 g/mol. The molecule has 0 fully saturated rings.